The zero-order chi connectivity index (χ0) is 16.4. The third kappa shape index (κ3) is 3.70. The smallest absolute Gasteiger partial charge is 0.115 e. The van der Waals surface area contributed by atoms with Crippen molar-refractivity contribution in [2.24, 2.45) is 11.8 Å². The second-order valence-corrected chi connectivity index (χ2v) is 7.18. The quantitative estimate of drug-likeness (QED) is 0.798. The molecule has 1 fully saturated rings. The highest BCUT2D eigenvalue weighted by atomic mass is 35.5. The number of phenolic OH excluding ortho intramolecular Hbond substituents is 1. The van der Waals surface area contributed by atoms with Crippen LogP contribution in [0.15, 0.2) is 48.5 Å². The molecule has 2 aromatic rings. The topological polar surface area (TPSA) is 29.5 Å². The lowest BCUT2D eigenvalue weighted by molar-refractivity contribution is -0.0552. The maximum atomic E-state index is 9.76. The van der Waals surface area contributed by atoms with Crippen molar-refractivity contribution in [2.75, 3.05) is 6.61 Å². The minimum Gasteiger partial charge on any atom is -0.508 e. The van der Waals surface area contributed by atoms with E-state index < -0.39 is 0 Å². The van der Waals surface area contributed by atoms with Crippen molar-refractivity contribution in [3.63, 3.8) is 0 Å². The van der Waals surface area contributed by atoms with Crippen LogP contribution in [0.4, 0.5) is 0 Å². The minimum absolute atomic E-state index is 0.0394. The van der Waals surface area contributed by atoms with Crippen molar-refractivity contribution >= 4 is 11.6 Å². The van der Waals surface area contributed by atoms with Crippen LogP contribution in [0.1, 0.15) is 43.4 Å². The SMILES string of the molecule is CC(C)[C@@H]1C[C@H](c2cccc(Cl)c2)CO[C@H]1c1cccc(O)c1. The summed E-state index contributed by atoms with van der Waals surface area (Å²) in [5.74, 6) is 1.58. The summed E-state index contributed by atoms with van der Waals surface area (Å²) in [5, 5.41) is 10.5. The average molecular weight is 331 g/mol. The van der Waals surface area contributed by atoms with Crippen molar-refractivity contribution in [2.45, 2.75) is 32.3 Å². The van der Waals surface area contributed by atoms with Gasteiger partial charge in [0.25, 0.3) is 0 Å². The van der Waals surface area contributed by atoms with Crippen LogP contribution in [0.5, 0.6) is 5.75 Å². The van der Waals surface area contributed by atoms with Gasteiger partial charge in [0.2, 0.25) is 0 Å². The van der Waals surface area contributed by atoms with Crippen LogP contribution in [0.2, 0.25) is 5.02 Å². The lowest BCUT2D eigenvalue weighted by atomic mass is 9.76. The van der Waals surface area contributed by atoms with Crippen molar-refractivity contribution in [1.29, 1.82) is 0 Å². The summed E-state index contributed by atoms with van der Waals surface area (Å²) < 4.78 is 6.25. The maximum absolute atomic E-state index is 9.76. The maximum Gasteiger partial charge on any atom is 0.115 e. The highest BCUT2D eigenvalue weighted by Crippen LogP contribution is 2.44. The van der Waals surface area contributed by atoms with Crippen LogP contribution < -0.4 is 0 Å². The molecule has 1 N–H and O–H groups in total. The number of aromatic hydroxyl groups is 1. The molecule has 3 rings (SSSR count). The molecule has 0 saturated carbocycles. The third-order valence-electron chi connectivity index (χ3n) is 4.80. The Balaban J connectivity index is 1.84. The van der Waals surface area contributed by atoms with Crippen LogP contribution in [0.3, 0.4) is 0 Å². The molecular weight excluding hydrogens is 308 g/mol. The molecule has 1 heterocycles. The van der Waals surface area contributed by atoms with Gasteiger partial charge < -0.3 is 9.84 Å². The van der Waals surface area contributed by atoms with Crippen LogP contribution in [-0.4, -0.2) is 11.7 Å². The van der Waals surface area contributed by atoms with Crippen LogP contribution in [-0.2, 0) is 4.74 Å². The van der Waals surface area contributed by atoms with E-state index in [0.717, 1.165) is 17.0 Å². The summed E-state index contributed by atoms with van der Waals surface area (Å²) >= 11 is 6.14. The molecule has 3 heteroatoms. The van der Waals surface area contributed by atoms with E-state index in [2.05, 4.69) is 19.9 Å². The number of hydrogen-bond acceptors (Lipinski definition) is 2. The molecule has 2 nitrogen and oxygen atoms in total. The molecule has 0 amide bonds. The monoisotopic (exact) mass is 330 g/mol. The number of hydrogen-bond donors (Lipinski definition) is 1. The van der Waals surface area contributed by atoms with E-state index in [0.29, 0.717) is 30.1 Å². The minimum atomic E-state index is 0.0394. The standard InChI is InChI=1S/C20H23ClO2/c1-13(2)19-11-16(14-5-3-7-17(21)9-14)12-23-20(19)15-6-4-8-18(22)10-15/h3-10,13,16,19-20,22H,11-12H2,1-2H3/t16-,19-,20-/m0/s1. The molecule has 122 valence electrons. The predicted molar refractivity (Wildman–Crippen MR) is 93.9 cm³/mol. The molecule has 0 spiro atoms. The normalized spacial score (nSPS) is 24.8. The first-order valence-electron chi connectivity index (χ1n) is 8.20. The van der Waals surface area contributed by atoms with Crippen LogP contribution in [0, 0.1) is 11.8 Å². The Bertz CT molecular complexity index is 668. The number of benzene rings is 2. The van der Waals surface area contributed by atoms with Crippen molar-refractivity contribution < 1.29 is 9.84 Å². The molecule has 1 saturated heterocycles. The molecule has 1 aliphatic heterocycles. The first-order chi connectivity index (χ1) is 11.0. The molecule has 0 bridgehead atoms. The second kappa shape index (κ2) is 6.94. The Labute approximate surface area is 143 Å². The molecule has 0 radical (unpaired) electrons. The van der Waals surface area contributed by atoms with Crippen LogP contribution in [0.25, 0.3) is 0 Å². The molecular formula is C20H23ClO2. The Morgan fingerprint density at radius 1 is 1.09 bits per heavy atom. The van der Waals surface area contributed by atoms with E-state index in [1.54, 1.807) is 6.07 Å². The van der Waals surface area contributed by atoms with E-state index in [1.165, 1.54) is 5.56 Å². The summed E-state index contributed by atoms with van der Waals surface area (Å²) in [6, 6.07) is 15.5. The molecule has 23 heavy (non-hydrogen) atoms. The number of rotatable bonds is 3. The van der Waals surface area contributed by atoms with E-state index in [4.69, 9.17) is 16.3 Å². The zero-order valence-corrected chi connectivity index (χ0v) is 14.3. The zero-order valence-electron chi connectivity index (χ0n) is 13.6. The van der Waals surface area contributed by atoms with Crippen molar-refractivity contribution in [3.8, 4) is 5.75 Å². The molecule has 0 aliphatic carbocycles. The molecule has 0 aromatic heterocycles. The highest BCUT2D eigenvalue weighted by Gasteiger charge is 2.35. The Morgan fingerprint density at radius 2 is 1.83 bits per heavy atom. The summed E-state index contributed by atoms with van der Waals surface area (Å²) in [5.41, 5.74) is 2.31. The van der Waals surface area contributed by atoms with Gasteiger partial charge in [-0.1, -0.05) is 49.7 Å². The average Bonchev–Trinajstić information content (AvgIpc) is 2.54. The lowest BCUT2D eigenvalue weighted by Gasteiger charge is -2.39. The van der Waals surface area contributed by atoms with Gasteiger partial charge >= 0.3 is 0 Å². The first-order valence-corrected chi connectivity index (χ1v) is 8.58. The number of halogens is 1. The highest BCUT2D eigenvalue weighted by molar-refractivity contribution is 6.30. The second-order valence-electron chi connectivity index (χ2n) is 6.74. The van der Waals surface area contributed by atoms with Gasteiger partial charge in [0, 0.05) is 10.9 Å². The van der Waals surface area contributed by atoms with Crippen molar-refractivity contribution in [1.82, 2.24) is 0 Å². The fraction of sp³-hybridized carbons (Fsp3) is 0.400. The third-order valence-corrected chi connectivity index (χ3v) is 5.03. The largest absolute Gasteiger partial charge is 0.508 e. The molecule has 0 unspecified atom stereocenters. The van der Waals surface area contributed by atoms with Gasteiger partial charge in [-0.2, -0.15) is 0 Å². The van der Waals surface area contributed by atoms with Crippen molar-refractivity contribution in [3.05, 3.63) is 64.7 Å². The number of phenols is 1. The Morgan fingerprint density at radius 3 is 2.52 bits per heavy atom. The summed E-state index contributed by atoms with van der Waals surface area (Å²) in [4.78, 5) is 0. The van der Waals surface area contributed by atoms with Gasteiger partial charge in [-0.15, -0.1) is 0 Å². The summed E-state index contributed by atoms with van der Waals surface area (Å²) in [6.45, 7) is 5.16. The molecule has 3 atom stereocenters. The molecule has 1 aliphatic rings. The van der Waals surface area contributed by atoms with E-state index in [-0.39, 0.29) is 6.10 Å². The Kier molecular flexibility index (Phi) is 4.93. The van der Waals surface area contributed by atoms with Gasteiger partial charge in [0.15, 0.2) is 0 Å². The Hall–Kier alpha value is -1.51. The lowest BCUT2D eigenvalue weighted by Crippen LogP contribution is -2.31. The van der Waals surface area contributed by atoms with Gasteiger partial charge in [-0.25, -0.2) is 0 Å². The van der Waals surface area contributed by atoms with Gasteiger partial charge in [0.05, 0.1) is 12.7 Å². The molecule has 2 aromatic carbocycles. The van der Waals surface area contributed by atoms with Gasteiger partial charge in [0.1, 0.15) is 5.75 Å². The van der Waals surface area contributed by atoms with E-state index in [9.17, 15) is 5.11 Å². The summed E-state index contributed by atoms with van der Waals surface area (Å²) in [7, 11) is 0. The van der Waals surface area contributed by atoms with Gasteiger partial charge in [-0.3, -0.25) is 0 Å². The first kappa shape index (κ1) is 16.4. The fourth-order valence-electron chi connectivity index (χ4n) is 3.52. The van der Waals surface area contributed by atoms with E-state index >= 15 is 0 Å². The van der Waals surface area contributed by atoms with Gasteiger partial charge in [-0.05, 0) is 53.6 Å². The van der Waals surface area contributed by atoms with Crippen LogP contribution >= 0.6 is 11.6 Å². The number of ether oxygens (including phenoxy) is 1. The summed E-state index contributed by atoms with van der Waals surface area (Å²) in [6.07, 6.45) is 1.11. The fourth-order valence-corrected chi connectivity index (χ4v) is 3.72. The predicted octanol–water partition coefficient (Wildman–Crippen LogP) is 5.56. The van der Waals surface area contributed by atoms with E-state index in [1.807, 2.05) is 36.4 Å².